The van der Waals surface area contributed by atoms with Gasteiger partial charge in [0.05, 0.1) is 12.7 Å². The van der Waals surface area contributed by atoms with E-state index in [1.165, 1.54) is 16.3 Å². The Bertz CT molecular complexity index is 564. The van der Waals surface area contributed by atoms with Crippen molar-refractivity contribution in [1.82, 2.24) is 10.3 Å². The van der Waals surface area contributed by atoms with Crippen LogP contribution in [0.4, 0.5) is 0 Å². The molecule has 1 aliphatic heterocycles. The monoisotopic (exact) mass is 256 g/mol. The summed E-state index contributed by atoms with van der Waals surface area (Å²) >= 11 is 0. The van der Waals surface area contributed by atoms with Crippen LogP contribution in [0.5, 0.6) is 0 Å². The molecule has 0 radical (unpaired) electrons. The summed E-state index contributed by atoms with van der Waals surface area (Å²) in [6.45, 7) is 2.98. The number of ether oxygens (including phenoxy) is 1. The molecule has 0 spiro atoms. The molecule has 3 rings (SSSR count). The van der Waals surface area contributed by atoms with Gasteiger partial charge in [0.2, 0.25) is 0 Å². The van der Waals surface area contributed by atoms with Gasteiger partial charge in [0.15, 0.2) is 0 Å². The predicted molar refractivity (Wildman–Crippen MR) is 77.1 cm³/mol. The zero-order valence-electron chi connectivity index (χ0n) is 11.5. The molecule has 1 aromatic heterocycles. The zero-order chi connectivity index (χ0) is 13.2. The van der Waals surface area contributed by atoms with Crippen LogP contribution in [0.15, 0.2) is 36.7 Å². The van der Waals surface area contributed by atoms with E-state index in [1.807, 2.05) is 19.4 Å². The van der Waals surface area contributed by atoms with Gasteiger partial charge in [-0.1, -0.05) is 24.3 Å². The van der Waals surface area contributed by atoms with Crippen LogP contribution < -0.4 is 5.32 Å². The fourth-order valence-corrected chi connectivity index (χ4v) is 3.12. The van der Waals surface area contributed by atoms with E-state index >= 15 is 0 Å². The molecule has 1 aromatic carbocycles. The van der Waals surface area contributed by atoms with Crippen LogP contribution in [0.25, 0.3) is 10.8 Å². The molecule has 1 fully saturated rings. The Hall–Kier alpha value is -1.45. The van der Waals surface area contributed by atoms with Gasteiger partial charge in [0, 0.05) is 29.7 Å². The first-order valence-corrected chi connectivity index (χ1v) is 6.91. The average molecular weight is 256 g/mol. The Balaban J connectivity index is 2.01. The van der Waals surface area contributed by atoms with E-state index in [2.05, 4.69) is 41.5 Å². The highest BCUT2D eigenvalue weighted by Crippen LogP contribution is 2.34. The summed E-state index contributed by atoms with van der Waals surface area (Å²) in [7, 11) is 2.02. The SMILES string of the molecule is CNC(c1cncc2ccccc12)C1COC(C)C1. The van der Waals surface area contributed by atoms with E-state index in [0.29, 0.717) is 18.1 Å². The molecule has 19 heavy (non-hydrogen) atoms. The molecule has 3 heteroatoms. The Morgan fingerprint density at radius 3 is 2.89 bits per heavy atom. The molecular weight excluding hydrogens is 236 g/mol. The third kappa shape index (κ3) is 2.36. The highest BCUT2D eigenvalue weighted by atomic mass is 16.5. The number of benzene rings is 1. The molecule has 0 saturated carbocycles. The van der Waals surface area contributed by atoms with Gasteiger partial charge in [-0.25, -0.2) is 0 Å². The number of pyridine rings is 1. The maximum absolute atomic E-state index is 5.72. The minimum absolute atomic E-state index is 0.309. The van der Waals surface area contributed by atoms with E-state index in [9.17, 15) is 0 Å². The van der Waals surface area contributed by atoms with E-state index in [4.69, 9.17) is 4.74 Å². The summed E-state index contributed by atoms with van der Waals surface area (Å²) in [6, 6.07) is 8.75. The van der Waals surface area contributed by atoms with Crippen LogP contribution in [-0.2, 0) is 4.74 Å². The first-order chi connectivity index (χ1) is 9.29. The molecule has 2 heterocycles. The summed E-state index contributed by atoms with van der Waals surface area (Å²) in [5, 5.41) is 5.94. The Kier molecular flexibility index (Phi) is 3.49. The Morgan fingerprint density at radius 2 is 2.16 bits per heavy atom. The summed E-state index contributed by atoms with van der Waals surface area (Å²) in [6.07, 6.45) is 5.39. The molecule has 3 unspecified atom stereocenters. The number of nitrogens with one attached hydrogen (secondary N) is 1. The highest BCUT2D eigenvalue weighted by molar-refractivity contribution is 5.85. The Morgan fingerprint density at radius 1 is 1.32 bits per heavy atom. The van der Waals surface area contributed by atoms with Crippen molar-refractivity contribution < 1.29 is 4.74 Å². The molecule has 1 N–H and O–H groups in total. The fraction of sp³-hybridized carbons (Fsp3) is 0.438. The van der Waals surface area contributed by atoms with E-state index in [1.54, 1.807) is 0 Å². The number of hydrogen-bond acceptors (Lipinski definition) is 3. The van der Waals surface area contributed by atoms with Crippen LogP contribution in [-0.4, -0.2) is 24.7 Å². The minimum Gasteiger partial charge on any atom is -0.378 e. The van der Waals surface area contributed by atoms with E-state index in [-0.39, 0.29) is 0 Å². The van der Waals surface area contributed by atoms with Crippen molar-refractivity contribution in [3.8, 4) is 0 Å². The fourth-order valence-electron chi connectivity index (χ4n) is 3.12. The van der Waals surface area contributed by atoms with Gasteiger partial charge in [-0.3, -0.25) is 4.98 Å². The molecular formula is C16H20N2O. The zero-order valence-corrected chi connectivity index (χ0v) is 11.5. The summed E-state index contributed by atoms with van der Waals surface area (Å²) in [5.41, 5.74) is 1.28. The van der Waals surface area contributed by atoms with Gasteiger partial charge in [-0.2, -0.15) is 0 Å². The number of aromatic nitrogens is 1. The quantitative estimate of drug-likeness (QED) is 0.917. The van der Waals surface area contributed by atoms with Gasteiger partial charge < -0.3 is 10.1 Å². The van der Waals surface area contributed by atoms with Crippen LogP contribution >= 0.6 is 0 Å². The number of rotatable bonds is 3. The van der Waals surface area contributed by atoms with Crippen LogP contribution in [0.1, 0.15) is 24.9 Å². The second-order valence-electron chi connectivity index (χ2n) is 5.36. The smallest absolute Gasteiger partial charge is 0.0551 e. The number of fused-ring (bicyclic) bond motifs is 1. The predicted octanol–water partition coefficient (Wildman–Crippen LogP) is 2.92. The molecule has 2 aromatic rings. The van der Waals surface area contributed by atoms with Crippen LogP contribution in [0.2, 0.25) is 0 Å². The number of nitrogens with zero attached hydrogens (tertiary/aromatic N) is 1. The highest BCUT2D eigenvalue weighted by Gasteiger charge is 2.30. The molecule has 100 valence electrons. The standard InChI is InChI=1S/C16H20N2O/c1-11-7-13(10-19-11)16(17-2)15-9-18-8-12-5-3-4-6-14(12)15/h3-6,8-9,11,13,16-17H,7,10H2,1-2H3. The van der Waals surface area contributed by atoms with Crippen LogP contribution in [0.3, 0.4) is 0 Å². The molecule has 1 saturated heterocycles. The maximum atomic E-state index is 5.72. The first kappa shape index (κ1) is 12.6. The maximum Gasteiger partial charge on any atom is 0.0551 e. The second kappa shape index (κ2) is 5.27. The van der Waals surface area contributed by atoms with Gasteiger partial charge in [-0.05, 0) is 31.3 Å². The van der Waals surface area contributed by atoms with Gasteiger partial charge in [0.1, 0.15) is 0 Å². The normalized spacial score (nSPS) is 24.7. The van der Waals surface area contributed by atoms with Crippen molar-refractivity contribution in [2.45, 2.75) is 25.5 Å². The van der Waals surface area contributed by atoms with Crippen molar-refractivity contribution in [2.75, 3.05) is 13.7 Å². The van der Waals surface area contributed by atoms with Crippen molar-refractivity contribution in [3.05, 3.63) is 42.2 Å². The second-order valence-corrected chi connectivity index (χ2v) is 5.36. The third-order valence-electron chi connectivity index (χ3n) is 4.05. The largest absolute Gasteiger partial charge is 0.378 e. The summed E-state index contributed by atoms with van der Waals surface area (Å²) < 4.78 is 5.72. The van der Waals surface area contributed by atoms with Gasteiger partial charge in [-0.15, -0.1) is 0 Å². The topological polar surface area (TPSA) is 34.2 Å². The van der Waals surface area contributed by atoms with E-state index < -0.39 is 0 Å². The number of hydrogen-bond donors (Lipinski definition) is 1. The average Bonchev–Trinajstić information content (AvgIpc) is 2.86. The lowest BCUT2D eigenvalue weighted by Crippen LogP contribution is -2.26. The molecule has 0 bridgehead atoms. The molecule has 3 atom stereocenters. The van der Waals surface area contributed by atoms with E-state index in [0.717, 1.165) is 13.0 Å². The third-order valence-corrected chi connectivity index (χ3v) is 4.05. The molecule has 0 amide bonds. The van der Waals surface area contributed by atoms with Crippen molar-refractivity contribution in [1.29, 1.82) is 0 Å². The molecule has 3 nitrogen and oxygen atoms in total. The molecule has 0 aliphatic carbocycles. The summed E-state index contributed by atoms with van der Waals surface area (Å²) in [4.78, 5) is 4.39. The van der Waals surface area contributed by atoms with Gasteiger partial charge in [0.25, 0.3) is 0 Å². The van der Waals surface area contributed by atoms with Crippen molar-refractivity contribution >= 4 is 10.8 Å². The minimum atomic E-state index is 0.309. The molecule has 1 aliphatic rings. The lowest BCUT2D eigenvalue weighted by Gasteiger charge is -2.23. The Labute approximate surface area is 114 Å². The first-order valence-electron chi connectivity index (χ1n) is 6.91. The lowest BCUT2D eigenvalue weighted by molar-refractivity contribution is 0.117. The van der Waals surface area contributed by atoms with Gasteiger partial charge >= 0.3 is 0 Å². The lowest BCUT2D eigenvalue weighted by atomic mass is 9.89. The van der Waals surface area contributed by atoms with Crippen molar-refractivity contribution in [2.24, 2.45) is 5.92 Å². The van der Waals surface area contributed by atoms with Crippen molar-refractivity contribution in [3.63, 3.8) is 0 Å². The summed E-state index contributed by atoms with van der Waals surface area (Å²) in [5.74, 6) is 0.521. The van der Waals surface area contributed by atoms with Crippen LogP contribution in [0, 0.1) is 5.92 Å².